The molecule has 1 amide bonds. The Bertz CT molecular complexity index is 268. The first-order valence-corrected chi connectivity index (χ1v) is 5.25. The first-order valence-electron chi connectivity index (χ1n) is 5.25. The molecule has 102 valence electrons. The van der Waals surface area contributed by atoms with Gasteiger partial charge in [-0.25, -0.2) is 9.18 Å². The number of amides is 1. The van der Waals surface area contributed by atoms with Crippen molar-refractivity contribution in [2.45, 2.75) is 51.8 Å². The van der Waals surface area contributed by atoms with E-state index in [9.17, 15) is 22.1 Å². The van der Waals surface area contributed by atoms with Crippen molar-refractivity contribution in [3.63, 3.8) is 0 Å². The van der Waals surface area contributed by atoms with Crippen LogP contribution in [0.5, 0.6) is 0 Å². The van der Waals surface area contributed by atoms with E-state index in [0.717, 1.165) is 6.92 Å². The Morgan fingerprint density at radius 3 is 2.06 bits per heavy atom. The molecule has 0 saturated heterocycles. The third kappa shape index (κ3) is 11.8. The Kier molecular flexibility index (Phi) is 9.43. The molecule has 0 heterocycles. The van der Waals surface area contributed by atoms with E-state index in [1.165, 1.54) is 0 Å². The molecule has 1 N–H and O–H groups in total. The van der Waals surface area contributed by atoms with Crippen LogP contribution in [-0.2, 0) is 4.74 Å². The molecule has 0 rings (SSSR count). The maximum Gasteiger partial charge on any atom is 1.00 e. The summed E-state index contributed by atoms with van der Waals surface area (Å²) in [4.78, 5) is 11.2. The molecule has 3 nitrogen and oxygen atoms in total. The quantitative estimate of drug-likeness (QED) is 0.590. The van der Waals surface area contributed by atoms with Gasteiger partial charge < -0.3 is 23.0 Å². The molecule has 9 heteroatoms. The minimum Gasteiger partial charge on any atom is -0.449 e. The van der Waals surface area contributed by atoms with Crippen LogP contribution in [0.1, 0.15) is 27.7 Å². The molecule has 0 saturated carbocycles. The van der Waals surface area contributed by atoms with E-state index >= 15 is 0 Å². The molecule has 0 bridgehead atoms. The summed E-state index contributed by atoms with van der Waals surface area (Å²) >= 11 is 0. The van der Waals surface area contributed by atoms with E-state index < -0.39 is 37.2 Å². The summed E-state index contributed by atoms with van der Waals surface area (Å²) in [5, 5.41) is 1.89. The molecular formula is C9H17BF4KNO2. The number of hydrogen-bond acceptors (Lipinski definition) is 2. The fraction of sp³-hybridized carbons (Fsp3) is 0.889. The van der Waals surface area contributed by atoms with Crippen molar-refractivity contribution in [2.24, 2.45) is 0 Å². The summed E-state index contributed by atoms with van der Waals surface area (Å²) < 4.78 is 54.2. The summed E-state index contributed by atoms with van der Waals surface area (Å²) in [6.07, 6.45) is -4.21. The normalized spacial score (nSPS) is 15.3. The topological polar surface area (TPSA) is 38.3 Å². The number of alkyl carbamates (subject to hydrolysis) is 1. The minimum atomic E-state index is -5.16. The number of rotatable bonds is 4. The van der Waals surface area contributed by atoms with Gasteiger partial charge in [0.1, 0.15) is 11.8 Å². The zero-order chi connectivity index (χ0) is 13.9. The van der Waals surface area contributed by atoms with E-state index in [1.807, 2.05) is 5.32 Å². The molecule has 0 aromatic carbocycles. The van der Waals surface area contributed by atoms with Gasteiger partial charge >= 0.3 is 64.5 Å². The predicted octanol–water partition coefficient (Wildman–Crippen LogP) is 0.0891. The van der Waals surface area contributed by atoms with E-state index in [1.54, 1.807) is 20.8 Å². The third-order valence-electron chi connectivity index (χ3n) is 1.78. The van der Waals surface area contributed by atoms with Crippen LogP contribution in [0.2, 0.25) is 6.32 Å². The first-order chi connectivity index (χ1) is 7.41. The van der Waals surface area contributed by atoms with Crippen LogP contribution in [0.25, 0.3) is 0 Å². The summed E-state index contributed by atoms with van der Waals surface area (Å²) in [7, 11) is 0. The minimum absolute atomic E-state index is 0. The third-order valence-corrected chi connectivity index (χ3v) is 1.78. The zero-order valence-corrected chi connectivity index (χ0v) is 14.4. The van der Waals surface area contributed by atoms with Gasteiger partial charge in [0.2, 0.25) is 0 Å². The largest absolute Gasteiger partial charge is 1.00 e. The molecule has 0 aliphatic heterocycles. The fourth-order valence-electron chi connectivity index (χ4n) is 1.11. The van der Waals surface area contributed by atoms with Crippen molar-refractivity contribution in [3.05, 3.63) is 0 Å². The summed E-state index contributed by atoms with van der Waals surface area (Å²) in [5.41, 5.74) is -0.836. The molecule has 0 aliphatic rings. The Morgan fingerprint density at radius 2 is 1.78 bits per heavy atom. The molecule has 0 fully saturated rings. The van der Waals surface area contributed by atoms with Crippen molar-refractivity contribution < 1.29 is 78.3 Å². The maximum atomic E-state index is 12.9. The number of ether oxygens (including phenoxy) is 1. The molecule has 2 atom stereocenters. The second kappa shape index (κ2) is 8.08. The van der Waals surface area contributed by atoms with Crippen LogP contribution in [0.3, 0.4) is 0 Å². The molecule has 0 aromatic rings. The summed E-state index contributed by atoms with van der Waals surface area (Å²) in [6.45, 7) is 0.492. The standard InChI is InChI=1S/C9H17BF4NO2.K/c1-6(11)7(5-10(12,13)14)15-8(16)17-9(2,3)4;/h6-7H,5H2,1-4H3,(H,15,16);/q-1;+1/t6-,7+;/m0./s1. The van der Waals surface area contributed by atoms with Crippen LogP contribution >= 0.6 is 0 Å². The fourth-order valence-corrected chi connectivity index (χ4v) is 1.11. The van der Waals surface area contributed by atoms with Crippen molar-refractivity contribution in [1.82, 2.24) is 5.32 Å². The Labute approximate surface area is 147 Å². The summed E-state index contributed by atoms with van der Waals surface area (Å²) in [6, 6.07) is -1.61. The Morgan fingerprint density at radius 1 is 1.33 bits per heavy atom. The van der Waals surface area contributed by atoms with E-state index in [2.05, 4.69) is 0 Å². The molecule has 0 radical (unpaired) electrons. The van der Waals surface area contributed by atoms with Gasteiger partial charge in [0.15, 0.2) is 0 Å². The van der Waals surface area contributed by atoms with E-state index in [4.69, 9.17) is 4.74 Å². The zero-order valence-electron chi connectivity index (χ0n) is 11.3. The molecule has 0 spiro atoms. The van der Waals surface area contributed by atoms with Crippen LogP contribution in [0.15, 0.2) is 0 Å². The number of carbonyl (C=O) groups is 1. The molecule has 18 heavy (non-hydrogen) atoms. The molecule has 0 aliphatic carbocycles. The van der Waals surface area contributed by atoms with Crippen molar-refractivity contribution in [3.8, 4) is 0 Å². The van der Waals surface area contributed by atoms with Crippen molar-refractivity contribution >= 4 is 13.1 Å². The van der Waals surface area contributed by atoms with Crippen LogP contribution in [0.4, 0.5) is 22.1 Å². The second-order valence-electron chi connectivity index (χ2n) is 4.88. The van der Waals surface area contributed by atoms with E-state index in [0.29, 0.717) is 0 Å². The number of nitrogens with one attached hydrogen (secondary N) is 1. The van der Waals surface area contributed by atoms with Crippen molar-refractivity contribution in [1.29, 1.82) is 0 Å². The smallest absolute Gasteiger partial charge is 0.449 e. The Balaban J connectivity index is 0. The molecule has 0 unspecified atom stereocenters. The van der Waals surface area contributed by atoms with Gasteiger partial charge in [-0.15, -0.1) is 0 Å². The maximum absolute atomic E-state index is 12.9. The van der Waals surface area contributed by atoms with Gasteiger partial charge in [0, 0.05) is 6.04 Å². The molecular weight excluding hydrogens is 280 g/mol. The predicted molar refractivity (Wildman–Crippen MR) is 57.6 cm³/mol. The average Bonchev–Trinajstić information content (AvgIpc) is 1.95. The number of alkyl halides is 1. The van der Waals surface area contributed by atoms with E-state index in [-0.39, 0.29) is 51.4 Å². The van der Waals surface area contributed by atoms with Crippen LogP contribution in [0, 0.1) is 0 Å². The van der Waals surface area contributed by atoms with Crippen molar-refractivity contribution in [2.75, 3.05) is 0 Å². The van der Waals surface area contributed by atoms with Gasteiger partial charge in [-0.1, -0.05) is 6.32 Å². The molecule has 0 aromatic heterocycles. The summed E-state index contributed by atoms with van der Waals surface area (Å²) in [5.74, 6) is 0. The number of hydrogen-bond donors (Lipinski definition) is 1. The van der Waals surface area contributed by atoms with Gasteiger partial charge in [0.25, 0.3) is 0 Å². The number of halogens is 4. The average molecular weight is 297 g/mol. The van der Waals surface area contributed by atoms with Crippen LogP contribution in [-0.4, -0.2) is 30.9 Å². The van der Waals surface area contributed by atoms with Crippen LogP contribution < -0.4 is 56.7 Å². The monoisotopic (exact) mass is 297 g/mol. The first kappa shape index (κ1) is 21.0. The second-order valence-corrected chi connectivity index (χ2v) is 4.88. The van der Waals surface area contributed by atoms with Gasteiger partial charge in [-0.3, -0.25) is 0 Å². The Hall–Kier alpha value is 0.691. The number of carbonyl (C=O) groups excluding carboxylic acids is 1. The SMILES string of the molecule is C[C@H](F)[C@@H](C[B-](F)(F)F)NC(=O)OC(C)(C)C.[K+]. The van der Waals surface area contributed by atoms with Gasteiger partial charge in [0.05, 0.1) is 0 Å². The van der Waals surface area contributed by atoms with Gasteiger partial charge in [-0.2, -0.15) is 0 Å². The van der Waals surface area contributed by atoms with Gasteiger partial charge in [-0.05, 0) is 27.7 Å².